The molecule has 0 spiro atoms. The summed E-state index contributed by atoms with van der Waals surface area (Å²) in [6.45, 7) is 11.4. The van der Waals surface area contributed by atoms with Crippen molar-refractivity contribution in [1.82, 2.24) is 10.3 Å². The maximum atomic E-state index is 5.41. The topological polar surface area (TPSA) is 38.1 Å². The summed E-state index contributed by atoms with van der Waals surface area (Å²) >= 11 is 0. The van der Waals surface area contributed by atoms with Crippen molar-refractivity contribution >= 4 is 0 Å². The van der Waals surface area contributed by atoms with Gasteiger partial charge in [-0.25, -0.2) is 4.98 Å². The number of oxazole rings is 1. The molecule has 0 atom stereocenters. The highest BCUT2D eigenvalue weighted by Gasteiger charge is 2.22. The second-order valence-electron chi connectivity index (χ2n) is 4.91. The van der Waals surface area contributed by atoms with Gasteiger partial charge < -0.3 is 9.73 Å². The molecule has 3 heteroatoms. The third-order valence-electron chi connectivity index (χ3n) is 2.00. The number of nitrogens with zero attached hydrogens (tertiary/aromatic N) is 1. The van der Waals surface area contributed by atoms with E-state index in [-0.39, 0.29) is 5.41 Å². The van der Waals surface area contributed by atoms with Gasteiger partial charge in [-0.3, -0.25) is 0 Å². The molecule has 0 amide bonds. The first-order valence-electron chi connectivity index (χ1n) is 5.07. The molecule has 0 fully saturated rings. The van der Waals surface area contributed by atoms with E-state index in [1.165, 1.54) is 6.39 Å². The zero-order valence-corrected chi connectivity index (χ0v) is 9.72. The number of rotatable bonds is 3. The molecule has 0 aliphatic heterocycles. The van der Waals surface area contributed by atoms with Gasteiger partial charge in [0.15, 0.2) is 6.39 Å². The summed E-state index contributed by atoms with van der Waals surface area (Å²) in [5.74, 6) is 0.977. The first-order chi connectivity index (χ1) is 6.41. The quantitative estimate of drug-likeness (QED) is 0.807. The SMILES string of the molecule is CC(C)NCc1ncoc1C(C)(C)C. The Morgan fingerprint density at radius 1 is 1.43 bits per heavy atom. The Bertz CT molecular complexity index is 284. The molecule has 0 bridgehead atoms. The van der Waals surface area contributed by atoms with Crippen molar-refractivity contribution in [2.75, 3.05) is 0 Å². The van der Waals surface area contributed by atoms with E-state index >= 15 is 0 Å². The minimum absolute atomic E-state index is 0.0322. The van der Waals surface area contributed by atoms with Crippen molar-refractivity contribution in [2.45, 2.75) is 52.6 Å². The minimum atomic E-state index is 0.0322. The van der Waals surface area contributed by atoms with Gasteiger partial charge in [-0.15, -0.1) is 0 Å². The normalized spacial score (nSPS) is 12.4. The van der Waals surface area contributed by atoms with Crippen molar-refractivity contribution in [1.29, 1.82) is 0 Å². The molecule has 0 radical (unpaired) electrons. The van der Waals surface area contributed by atoms with Crippen molar-refractivity contribution < 1.29 is 4.42 Å². The van der Waals surface area contributed by atoms with Crippen LogP contribution in [0.1, 0.15) is 46.1 Å². The second-order valence-corrected chi connectivity index (χ2v) is 4.91. The van der Waals surface area contributed by atoms with Gasteiger partial charge in [-0.1, -0.05) is 34.6 Å². The van der Waals surface area contributed by atoms with Crippen LogP contribution in [0.5, 0.6) is 0 Å². The Balaban J connectivity index is 2.73. The lowest BCUT2D eigenvalue weighted by Gasteiger charge is -2.16. The largest absolute Gasteiger partial charge is 0.448 e. The first-order valence-corrected chi connectivity index (χ1v) is 5.07. The molecule has 1 aromatic rings. The molecule has 1 heterocycles. The third-order valence-corrected chi connectivity index (χ3v) is 2.00. The zero-order chi connectivity index (χ0) is 10.8. The van der Waals surface area contributed by atoms with Crippen LogP contribution in [-0.2, 0) is 12.0 Å². The van der Waals surface area contributed by atoms with Gasteiger partial charge in [0.05, 0.1) is 5.69 Å². The first kappa shape index (κ1) is 11.2. The summed E-state index contributed by atoms with van der Waals surface area (Å²) < 4.78 is 5.41. The van der Waals surface area contributed by atoms with E-state index in [1.807, 2.05) is 0 Å². The van der Waals surface area contributed by atoms with Crippen LogP contribution >= 0.6 is 0 Å². The van der Waals surface area contributed by atoms with Crippen LogP contribution in [-0.4, -0.2) is 11.0 Å². The lowest BCUT2D eigenvalue weighted by molar-refractivity contribution is 0.400. The highest BCUT2D eigenvalue weighted by atomic mass is 16.3. The van der Waals surface area contributed by atoms with Gasteiger partial charge in [-0.05, 0) is 0 Å². The summed E-state index contributed by atoms with van der Waals surface area (Å²) in [4.78, 5) is 4.23. The molecule has 1 N–H and O–H groups in total. The van der Waals surface area contributed by atoms with Crippen LogP contribution < -0.4 is 5.32 Å². The molecule has 0 saturated carbocycles. The third kappa shape index (κ3) is 2.84. The van der Waals surface area contributed by atoms with Gasteiger partial charge in [-0.2, -0.15) is 0 Å². The molecule has 0 aliphatic rings. The Kier molecular flexibility index (Phi) is 3.32. The van der Waals surface area contributed by atoms with Crippen LogP contribution in [0, 0.1) is 0 Å². The van der Waals surface area contributed by atoms with Crippen LogP contribution in [0.3, 0.4) is 0 Å². The average Bonchev–Trinajstić information content (AvgIpc) is 2.46. The Labute approximate surface area is 85.9 Å². The summed E-state index contributed by atoms with van der Waals surface area (Å²) in [5, 5.41) is 3.34. The van der Waals surface area contributed by atoms with Crippen molar-refractivity contribution in [3.05, 3.63) is 17.8 Å². The molecule has 80 valence electrons. The molecular weight excluding hydrogens is 176 g/mol. The zero-order valence-electron chi connectivity index (χ0n) is 9.72. The van der Waals surface area contributed by atoms with Crippen molar-refractivity contribution in [3.8, 4) is 0 Å². The predicted octanol–water partition coefficient (Wildman–Crippen LogP) is 2.47. The van der Waals surface area contributed by atoms with Gasteiger partial charge in [0.25, 0.3) is 0 Å². The van der Waals surface area contributed by atoms with Crippen molar-refractivity contribution in [3.63, 3.8) is 0 Å². The monoisotopic (exact) mass is 196 g/mol. The van der Waals surface area contributed by atoms with E-state index in [4.69, 9.17) is 4.42 Å². The van der Waals surface area contributed by atoms with Gasteiger partial charge in [0.1, 0.15) is 5.76 Å². The summed E-state index contributed by atoms with van der Waals surface area (Å²) in [5.41, 5.74) is 1.05. The highest BCUT2D eigenvalue weighted by molar-refractivity contribution is 5.15. The maximum Gasteiger partial charge on any atom is 0.181 e. The van der Waals surface area contributed by atoms with Crippen LogP contribution in [0.2, 0.25) is 0 Å². The summed E-state index contributed by atoms with van der Waals surface area (Å²) in [6.07, 6.45) is 1.53. The molecule has 0 saturated heterocycles. The molecule has 14 heavy (non-hydrogen) atoms. The summed E-state index contributed by atoms with van der Waals surface area (Å²) in [7, 11) is 0. The van der Waals surface area contributed by atoms with Crippen LogP contribution in [0.15, 0.2) is 10.8 Å². The standard InChI is InChI=1S/C11H20N2O/c1-8(2)12-6-9-10(11(3,4)5)14-7-13-9/h7-8,12H,6H2,1-5H3. The average molecular weight is 196 g/mol. The summed E-state index contributed by atoms with van der Waals surface area (Å²) in [6, 6.07) is 0.472. The van der Waals surface area contributed by atoms with Crippen molar-refractivity contribution in [2.24, 2.45) is 0 Å². The molecule has 0 aromatic carbocycles. The van der Waals surface area contributed by atoms with Gasteiger partial charge >= 0.3 is 0 Å². The Morgan fingerprint density at radius 2 is 2.07 bits per heavy atom. The van der Waals surface area contributed by atoms with E-state index in [1.54, 1.807) is 0 Å². The smallest absolute Gasteiger partial charge is 0.181 e. The molecule has 1 aromatic heterocycles. The van der Waals surface area contributed by atoms with E-state index in [0.29, 0.717) is 6.04 Å². The number of nitrogens with one attached hydrogen (secondary N) is 1. The van der Waals surface area contributed by atoms with E-state index < -0.39 is 0 Å². The highest BCUT2D eigenvalue weighted by Crippen LogP contribution is 2.24. The fourth-order valence-electron chi connectivity index (χ4n) is 1.31. The number of hydrogen-bond donors (Lipinski definition) is 1. The molecule has 1 rings (SSSR count). The van der Waals surface area contributed by atoms with Crippen LogP contribution in [0.4, 0.5) is 0 Å². The Morgan fingerprint density at radius 3 is 2.57 bits per heavy atom. The molecule has 0 aliphatic carbocycles. The molecule has 3 nitrogen and oxygen atoms in total. The second kappa shape index (κ2) is 4.13. The fraction of sp³-hybridized carbons (Fsp3) is 0.727. The minimum Gasteiger partial charge on any atom is -0.448 e. The maximum absolute atomic E-state index is 5.41. The van der Waals surface area contributed by atoms with Gasteiger partial charge in [0.2, 0.25) is 0 Å². The van der Waals surface area contributed by atoms with E-state index in [0.717, 1.165) is 18.0 Å². The van der Waals surface area contributed by atoms with Gasteiger partial charge in [0, 0.05) is 18.0 Å². The number of hydrogen-bond acceptors (Lipinski definition) is 3. The van der Waals surface area contributed by atoms with E-state index in [9.17, 15) is 0 Å². The molecular formula is C11H20N2O. The fourth-order valence-corrected chi connectivity index (χ4v) is 1.31. The van der Waals surface area contributed by atoms with E-state index in [2.05, 4.69) is 44.9 Å². The molecule has 0 unspecified atom stereocenters. The number of aromatic nitrogens is 1. The Hall–Kier alpha value is -0.830. The predicted molar refractivity (Wildman–Crippen MR) is 57.2 cm³/mol. The lowest BCUT2D eigenvalue weighted by atomic mass is 9.92. The van der Waals surface area contributed by atoms with Crippen LogP contribution in [0.25, 0.3) is 0 Å². The lowest BCUT2D eigenvalue weighted by Crippen LogP contribution is -2.24.